The van der Waals surface area contributed by atoms with Crippen LogP contribution in [0.25, 0.3) is 0 Å². The van der Waals surface area contributed by atoms with Crippen LogP contribution in [-0.2, 0) is 4.43 Å². The monoisotopic (exact) mass is 411 g/mol. The number of hydrogen-bond acceptors (Lipinski definition) is 2. The van der Waals surface area contributed by atoms with Crippen LogP contribution < -0.4 is 10.4 Å². The smallest absolute Gasteiger partial charge is 0.407 e. The summed E-state index contributed by atoms with van der Waals surface area (Å²) in [7, 11) is -2.63. The maximum atomic E-state index is 11.9. The zero-order valence-electron chi connectivity index (χ0n) is 18.0. The molecule has 1 N–H and O–H groups in total. The first-order valence-corrected chi connectivity index (χ1v) is 12.4. The standard InChI is InChI=1S/C24H33NO3Si/c1-19-15-16-20(25(17-19)23(26)27)18-28-29(24(2,3)4,21-11-7-5-8-12-21)22-13-9-6-10-14-22/h5-14,19-20H,15-18H2,1-4H3,(H,26,27)/t19-,20-/m0/s1. The van der Waals surface area contributed by atoms with E-state index in [2.05, 4.69) is 76.2 Å². The molecule has 5 heteroatoms. The van der Waals surface area contributed by atoms with Crippen molar-refractivity contribution in [3.63, 3.8) is 0 Å². The van der Waals surface area contributed by atoms with Crippen molar-refractivity contribution in [2.75, 3.05) is 13.2 Å². The van der Waals surface area contributed by atoms with Gasteiger partial charge >= 0.3 is 6.09 Å². The Hall–Kier alpha value is -2.11. The maximum Gasteiger partial charge on any atom is 0.407 e. The molecule has 0 saturated carbocycles. The zero-order valence-corrected chi connectivity index (χ0v) is 19.0. The van der Waals surface area contributed by atoms with Crippen molar-refractivity contribution in [1.82, 2.24) is 4.90 Å². The van der Waals surface area contributed by atoms with Crippen LogP contribution in [0.2, 0.25) is 5.04 Å². The predicted molar refractivity (Wildman–Crippen MR) is 120 cm³/mol. The maximum absolute atomic E-state index is 11.9. The van der Waals surface area contributed by atoms with E-state index in [1.807, 2.05) is 12.1 Å². The molecule has 0 unspecified atom stereocenters. The first kappa shape index (κ1) is 21.6. The fraction of sp³-hybridized carbons (Fsp3) is 0.458. The second-order valence-corrected chi connectivity index (χ2v) is 13.6. The van der Waals surface area contributed by atoms with Gasteiger partial charge in [0, 0.05) is 6.54 Å². The van der Waals surface area contributed by atoms with Crippen LogP contribution in [0.3, 0.4) is 0 Å². The minimum Gasteiger partial charge on any atom is -0.465 e. The lowest BCUT2D eigenvalue weighted by Crippen LogP contribution is -2.67. The van der Waals surface area contributed by atoms with Crippen LogP contribution in [0.4, 0.5) is 4.79 Å². The van der Waals surface area contributed by atoms with Gasteiger partial charge in [-0.3, -0.25) is 0 Å². The van der Waals surface area contributed by atoms with Crippen molar-refractivity contribution in [3.05, 3.63) is 60.7 Å². The number of amides is 1. The largest absolute Gasteiger partial charge is 0.465 e. The Morgan fingerprint density at radius 1 is 1.03 bits per heavy atom. The van der Waals surface area contributed by atoms with Crippen molar-refractivity contribution in [3.8, 4) is 0 Å². The molecule has 0 spiro atoms. The summed E-state index contributed by atoms with van der Waals surface area (Å²) in [5.41, 5.74) is 0. The fourth-order valence-electron chi connectivity index (χ4n) is 4.60. The topological polar surface area (TPSA) is 49.8 Å². The van der Waals surface area contributed by atoms with Crippen molar-refractivity contribution in [2.24, 2.45) is 5.92 Å². The summed E-state index contributed by atoms with van der Waals surface area (Å²) < 4.78 is 6.96. The highest BCUT2D eigenvalue weighted by molar-refractivity contribution is 6.99. The number of rotatable bonds is 5. The van der Waals surface area contributed by atoms with Gasteiger partial charge in [0.1, 0.15) is 0 Å². The van der Waals surface area contributed by atoms with E-state index in [0.29, 0.717) is 19.1 Å². The first-order chi connectivity index (χ1) is 13.8. The molecule has 4 nitrogen and oxygen atoms in total. The molecule has 2 atom stereocenters. The highest BCUT2D eigenvalue weighted by Gasteiger charge is 2.50. The minimum absolute atomic E-state index is 0.0923. The first-order valence-electron chi connectivity index (χ1n) is 10.5. The van der Waals surface area contributed by atoms with Gasteiger partial charge in [-0.15, -0.1) is 0 Å². The van der Waals surface area contributed by atoms with Crippen LogP contribution in [0.1, 0.15) is 40.5 Å². The molecule has 156 valence electrons. The lowest BCUT2D eigenvalue weighted by Gasteiger charge is -2.45. The number of nitrogens with zero attached hydrogens (tertiary/aromatic N) is 1. The second-order valence-electron chi connectivity index (χ2n) is 9.25. The zero-order chi connectivity index (χ0) is 21.1. The number of likely N-dealkylation sites (tertiary alicyclic amines) is 1. The Labute approximate surface area is 175 Å². The van der Waals surface area contributed by atoms with E-state index in [0.717, 1.165) is 12.8 Å². The lowest BCUT2D eigenvalue weighted by molar-refractivity contribution is 0.0658. The molecule has 0 aliphatic carbocycles. The molecule has 1 fully saturated rings. The molecule has 1 saturated heterocycles. The lowest BCUT2D eigenvalue weighted by atomic mass is 9.95. The van der Waals surface area contributed by atoms with Crippen LogP contribution in [-0.4, -0.2) is 43.6 Å². The summed E-state index contributed by atoms with van der Waals surface area (Å²) in [6.07, 6.45) is 1.05. The van der Waals surface area contributed by atoms with Crippen LogP contribution in [0.15, 0.2) is 60.7 Å². The number of piperidine rings is 1. The summed E-state index contributed by atoms with van der Waals surface area (Å²) in [6, 6.07) is 20.9. The van der Waals surface area contributed by atoms with E-state index in [9.17, 15) is 9.90 Å². The Morgan fingerprint density at radius 2 is 1.55 bits per heavy atom. The van der Waals surface area contributed by atoms with Crippen molar-refractivity contribution in [1.29, 1.82) is 0 Å². The van der Waals surface area contributed by atoms with Gasteiger partial charge in [-0.1, -0.05) is 88.4 Å². The fourth-order valence-corrected chi connectivity index (χ4v) is 9.20. The number of benzene rings is 2. The van der Waals surface area contributed by atoms with Gasteiger partial charge in [0.15, 0.2) is 0 Å². The molecule has 1 heterocycles. The summed E-state index contributed by atoms with van der Waals surface area (Å²) in [4.78, 5) is 13.4. The predicted octanol–water partition coefficient (Wildman–Crippen LogP) is 4.34. The molecular weight excluding hydrogens is 378 g/mol. The van der Waals surface area contributed by atoms with Gasteiger partial charge in [-0.05, 0) is 34.2 Å². The minimum atomic E-state index is -2.63. The third-order valence-electron chi connectivity index (χ3n) is 6.10. The van der Waals surface area contributed by atoms with Crippen molar-refractivity contribution in [2.45, 2.75) is 51.6 Å². The van der Waals surface area contributed by atoms with E-state index in [4.69, 9.17) is 4.43 Å². The van der Waals surface area contributed by atoms with Gasteiger partial charge in [0.2, 0.25) is 0 Å². The van der Waals surface area contributed by atoms with Crippen LogP contribution in [0, 0.1) is 5.92 Å². The Balaban J connectivity index is 2.01. The van der Waals surface area contributed by atoms with Gasteiger partial charge < -0.3 is 14.4 Å². The molecule has 29 heavy (non-hydrogen) atoms. The number of carboxylic acid groups (broad SMARTS) is 1. The third-order valence-corrected chi connectivity index (χ3v) is 11.1. The van der Waals surface area contributed by atoms with E-state index in [1.165, 1.54) is 10.4 Å². The summed E-state index contributed by atoms with van der Waals surface area (Å²) in [5.74, 6) is 0.398. The van der Waals surface area contributed by atoms with Gasteiger partial charge in [-0.25, -0.2) is 4.79 Å². The van der Waals surface area contributed by atoms with E-state index in [-0.39, 0.29) is 11.1 Å². The van der Waals surface area contributed by atoms with Gasteiger partial charge in [0.25, 0.3) is 8.32 Å². The molecule has 1 aliphatic heterocycles. The molecule has 0 bridgehead atoms. The van der Waals surface area contributed by atoms with E-state index < -0.39 is 14.4 Å². The van der Waals surface area contributed by atoms with Crippen molar-refractivity contribution < 1.29 is 14.3 Å². The average Bonchev–Trinajstić information content (AvgIpc) is 2.70. The molecule has 2 aromatic carbocycles. The highest BCUT2D eigenvalue weighted by atomic mass is 28.4. The van der Waals surface area contributed by atoms with Gasteiger partial charge in [-0.2, -0.15) is 0 Å². The molecular formula is C24H33NO3Si. The van der Waals surface area contributed by atoms with Crippen LogP contribution in [0.5, 0.6) is 0 Å². The molecule has 1 aliphatic rings. The molecule has 0 aromatic heterocycles. The average molecular weight is 412 g/mol. The highest BCUT2D eigenvalue weighted by Crippen LogP contribution is 2.37. The Kier molecular flexibility index (Phi) is 6.49. The summed E-state index contributed by atoms with van der Waals surface area (Å²) in [5, 5.41) is 12.1. The Bertz CT molecular complexity index is 764. The van der Waals surface area contributed by atoms with E-state index >= 15 is 0 Å². The van der Waals surface area contributed by atoms with E-state index in [1.54, 1.807) is 4.90 Å². The third kappa shape index (κ3) is 4.41. The quantitative estimate of drug-likeness (QED) is 0.745. The van der Waals surface area contributed by atoms with Gasteiger partial charge in [0.05, 0.1) is 12.6 Å². The summed E-state index contributed by atoms with van der Waals surface area (Å²) >= 11 is 0. The second kappa shape index (κ2) is 8.72. The molecule has 0 radical (unpaired) electrons. The van der Waals surface area contributed by atoms with Crippen LogP contribution >= 0.6 is 0 Å². The molecule has 1 amide bonds. The molecule has 2 aromatic rings. The summed E-state index contributed by atoms with van der Waals surface area (Å²) in [6.45, 7) is 9.89. The van der Waals surface area contributed by atoms with Crippen molar-refractivity contribution >= 4 is 24.8 Å². The number of hydrogen-bond donors (Lipinski definition) is 1. The normalized spacial score (nSPS) is 20.5. The Morgan fingerprint density at radius 3 is 2.00 bits per heavy atom. The molecule has 3 rings (SSSR count). The SMILES string of the molecule is C[C@H]1CC[C@@H](CO[Si](c2ccccc2)(c2ccccc2)C(C)(C)C)N(C(=O)O)C1. The number of carbonyl (C=O) groups is 1.